The molecule has 0 bridgehead atoms. The maximum atomic E-state index is 13.3. The van der Waals surface area contributed by atoms with Gasteiger partial charge < -0.3 is 5.32 Å². The minimum Gasteiger partial charge on any atom is -0.354 e. The molecule has 0 radical (unpaired) electrons. The van der Waals surface area contributed by atoms with Gasteiger partial charge in [0.2, 0.25) is 5.91 Å². The van der Waals surface area contributed by atoms with Crippen LogP contribution in [0, 0.1) is 11.7 Å². The van der Waals surface area contributed by atoms with Crippen LogP contribution in [0.15, 0.2) is 18.2 Å². The molecule has 1 aliphatic rings. The van der Waals surface area contributed by atoms with Gasteiger partial charge in [-0.3, -0.25) is 9.69 Å². The lowest BCUT2D eigenvalue weighted by Crippen LogP contribution is -2.43. The van der Waals surface area contributed by atoms with E-state index in [4.69, 9.17) is 11.6 Å². The second-order valence-corrected chi connectivity index (χ2v) is 6.25. The van der Waals surface area contributed by atoms with Gasteiger partial charge in [-0.1, -0.05) is 11.6 Å². The van der Waals surface area contributed by atoms with E-state index >= 15 is 0 Å². The van der Waals surface area contributed by atoms with Crippen molar-refractivity contribution in [3.8, 4) is 0 Å². The summed E-state index contributed by atoms with van der Waals surface area (Å²) in [6.45, 7) is 6.18. The van der Waals surface area contributed by atoms with Gasteiger partial charge in [-0.2, -0.15) is 0 Å². The van der Waals surface area contributed by atoms with Crippen LogP contribution in [0.1, 0.15) is 32.3 Å². The fourth-order valence-corrected chi connectivity index (χ4v) is 3.13. The van der Waals surface area contributed by atoms with Gasteiger partial charge in [-0.25, -0.2) is 4.39 Å². The monoisotopic (exact) mass is 312 g/mol. The third-order valence-corrected chi connectivity index (χ3v) is 4.54. The first kappa shape index (κ1) is 16.2. The summed E-state index contributed by atoms with van der Waals surface area (Å²) in [5.41, 5.74) is 0.838. The molecule has 2 rings (SSSR count). The van der Waals surface area contributed by atoms with E-state index in [0.717, 1.165) is 31.5 Å². The molecule has 1 saturated heterocycles. The molecule has 1 aromatic carbocycles. The van der Waals surface area contributed by atoms with Crippen molar-refractivity contribution in [1.29, 1.82) is 0 Å². The Morgan fingerprint density at radius 3 is 2.76 bits per heavy atom. The van der Waals surface area contributed by atoms with Gasteiger partial charge in [0.1, 0.15) is 5.82 Å². The minimum atomic E-state index is -0.247. The zero-order valence-corrected chi connectivity index (χ0v) is 13.3. The Hall–Kier alpha value is -1.13. The van der Waals surface area contributed by atoms with Crippen molar-refractivity contribution < 1.29 is 9.18 Å². The normalized spacial score (nSPS) is 18.5. The summed E-state index contributed by atoms with van der Waals surface area (Å²) in [5, 5.41) is 3.58. The van der Waals surface area contributed by atoms with E-state index in [0.29, 0.717) is 17.5 Å². The smallest absolute Gasteiger partial charge is 0.217 e. The molecule has 21 heavy (non-hydrogen) atoms. The topological polar surface area (TPSA) is 32.3 Å². The van der Waals surface area contributed by atoms with Gasteiger partial charge in [-0.15, -0.1) is 0 Å². The van der Waals surface area contributed by atoms with Gasteiger partial charge in [0.15, 0.2) is 0 Å². The molecule has 1 amide bonds. The van der Waals surface area contributed by atoms with Crippen molar-refractivity contribution >= 4 is 17.5 Å². The Bertz CT molecular complexity index is 501. The standard InChI is InChI=1S/C16H22ClFN2O/c1-11(19-12(2)21)13-5-7-20(8-6-13)10-14-9-15(18)3-4-16(14)17/h3-4,9,11,13H,5-8,10H2,1-2H3,(H,19,21). The predicted octanol–water partition coefficient (Wildman–Crippen LogP) is 3.22. The quantitative estimate of drug-likeness (QED) is 0.926. The molecule has 5 heteroatoms. The average molecular weight is 313 g/mol. The van der Waals surface area contributed by atoms with Crippen LogP contribution in [0.5, 0.6) is 0 Å². The second-order valence-electron chi connectivity index (χ2n) is 5.84. The highest BCUT2D eigenvalue weighted by atomic mass is 35.5. The van der Waals surface area contributed by atoms with Crippen molar-refractivity contribution in [1.82, 2.24) is 10.2 Å². The highest BCUT2D eigenvalue weighted by Gasteiger charge is 2.24. The lowest BCUT2D eigenvalue weighted by molar-refractivity contribution is -0.120. The Balaban J connectivity index is 1.86. The van der Waals surface area contributed by atoms with Gasteiger partial charge in [-0.05, 0) is 62.5 Å². The molecule has 1 unspecified atom stereocenters. The van der Waals surface area contributed by atoms with E-state index < -0.39 is 0 Å². The van der Waals surface area contributed by atoms with Gasteiger partial charge in [0.25, 0.3) is 0 Å². The lowest BCUT2D eigenvalue weighted by atomic mass is 9.90. The molecule has 0 saturated carbocycles. The van der Waals surface area contributed by atoms with Crippen molar-refractivity contribution in [2.24, 2.45) is 5.92 Å². The number of rotatable bonds is 4. The molecule has 1 fully saturated rings. The first-order valence-corrected chi connectivity index (χ1v) is 7.77. The van der Waals surface area contributed by atoms with Crippen LogP contribution in [0.25, 0.3) is 0 Å². The van der Waals surface area contributed by atoms with Crippen LogP contribution in [0.4, 0.5) is 4.39 Å². The molecule has 116 valence electrons. The Kier molecular flexibility index (Phi) is 5.59. The molecule has 0 spiro atoms. The molecule has 0 aromatic heterocycles. The molecule has 0 aliphatic carbocycles. The number of hydrogen-bond acceptors (Lipinski definition) is 2. The maximum Gasteiger partial charge on any atom is 0.217 e. The van der Waals surface area contributed by atoms with E-state index in [-0.39, 0.29) is 17.8 Å². The number of nitrogens with one attached hydrogen (secondary N) is 1. The molecule has 1 aromatic rings. The third-order valence-electron chi connectivity index (χ3n) is 4.17. The number of benzene rings is 1. The zero-order valence-electron chi connectivity index (χ0n) is 12.5. The van der Waals surface area contributed by atoms with Crippen LogP contribution in [-0.4, -0.2) is 29.9 Å². The highest BCUT2D eigenvalue weighted by molar-refractivity contribution is 6.31. The van der Waals surface area contributed by atoms with Crippen LogP contribution in [0.3, 0.4) is 0 Å². The van der Waals surface area contributed by atoms with Crippen molar-refractivity contribution in [3.63, 3.8) is 0 Å². The summed E-state index contributed by atoms with van der Waals surface area (Å²) in [5.74, 6) is 0.285. The number of carbonyl (C=O) groups is 1. The Morgan fingerprint density at radius 1 is 1.48 bits per heavy atom. The number of amides is 1. The van der Waals surface area contributed by atoms with E-state index in [1.807, 2.05) is 0 Å². The molecule has 1 atom stereocenters. The first-order valence-electron chi connectivity index (χ1n) is 7.39. The Morgan fingerprint density at radius 2 is 2.14 bits per heavy atom. The fourth-order valence-electron chi connectivity index (χ4n) is 2.95. The number of likely N-dealkylation sites (tertiary alicyclic amines) is 1. The number of nitrogens with zero attached hydrogens (tertiary/aromatic N) is 1. The van der Waals surface area contributed by atoms with Crippen LogP contribution in [0.2, 0.25) is 5.02 Å². The fraction of sp³-hybridized carbons (Fsp3) is 0.562. The summed E-state index contributed by atoms with van der Waals surface area (Å²) in [6, 6.07) is 4.71. The van der Waals surface area contributed by atoms with Crippen molar-refractivity contribution in [2.75, 3.05) is 13.1 Å². The summed E-state index contributed by atoms with van der Waals surface area (Å²) >= 11 is 6.11. The summed E-state index contributed by atoms with van der Waals surface area (Å²) < 4.78 is 13.3. The molecule has 3 nitrogen and oxygen atoms in total. The van der Waals surface area contributed by atoms with Crippen LogP contribution >= 0.6 is 11.6 Å². The highest BCUT2D eigenvalue weighted by Crippen LogP contribution is 2.24. The Labute approximate surface area is 130 Å². The number of hydrogen-bond donors (Lipinski definition) is 1. The number of carbonyl (C=O) groups excluding carboxylic acids is 1. The van der Waals surface area contributed by atoms with Gasteiger partial charge in [0, 0.05) is 24.5 Å². The van der Waals surface area contributed by atoms with Gasteiger partial charge in [0.05, 0.1) is 0 Å². The van der Waals surface area contributed by atoms with Gasteiger partial charge >= 0.3 is 0 Å². The summed E-state index contributed by atoms with van der Waals surface area (Å²) in [7, 11) is 0. The van der Waals surface area contributed by atoms with Crippen molar-refractivity contribution in [2.45, 2.75) is 39.3 Å². The SMILES string of the molecule is CC(=O)NC(C)C1CCN(Cc2cc(F)ccc2Cl)CC1. The molecular weight excluding hydrogens is 291 g/mol. The van der Waals surface area contributed by atoms with Crippen LogP contribution in [-0.2, 0) is 11.3 Å². The maximum absolute atomic E-state index is 13.3. The summed E-state index contributed by atoms with van der Waals surface area (Å²) in [4.78, 5) is 13.4. The average Bonchev–Trinajstić information content (AvgIpc) is 2.43. The largest absolute Gasteiger partial charge is 0.354 e. The number of piperidine rings is 1. The summed E-state index contributed by atoms with van der Waals surface area (Å²) in [6.07, 6.45) is 2.07. The van der Waals surface area contributed by atoms with Crippen LogP contribution < -0.4 is 5.32 Å². The first-order chi connectivity index (χ1) is 9.95. The number of halogens is 2. The molecule has 1 N–H and O–H groups in total. The second kappa shape index (κ2) is 7.23. The van der Waals surface area contributed by atoms with Crippen molar-refractivity contribution in [3.05, 3.63) is 34.6 Å². The van der Waals surface area contributed by atoms with E-state index in [9.17, 15) is 9.18 Å². The minimum absolute atomic E-state index is 0.0245. The van der Waals surface area contributed by atoms with E-state index in [2.05, 4.69) is 17.1 Å². The predicted molar refractivity (Wildman–Crippen MR) is 82.7 cm³/mol. The molecular formula is C16H22ClFN2O. The lowest BCUT2D eigenvalue weighted by Gasteiger charge is -2.35. The van der Waals surface area contributed by atoms with E-state index in [1.54, 1.807) is 13.0 Å². The third kappa shape index (κ3) is 4.68. The zero-order chi connectivity index (χ0) is 15.4. The molecule has 1 aliphatic heterocycles. The molecule has 1 heterocycles. The van der Waals surface area contributed by atoms with E-state index in [1.165, 1.54) is 12.1 Å².